The second kappa shape index (κ2) is 6.96. The Hall–Kier alpha value is -2.10. The lowest BCUT2D eigenvalue weighted by molar-refractivity contribution is -0.118. The molecule has 0 spiro atoms. The number of amides is 1. The number of ketones is 1. The summed E-state index contributed by atoms with van der Waals surface area (Å²) in [4.78, 5) is 27.2. The zero-order valence-corrected chi connectivity index (χ0v) is 18.5. The molecule has 0 radical (unpaired) electrons. The van der Waals surface area contributed by atoms with Crippen molar-refractivity contribution < 1.29 is 9.59 Å². The summed E-state index contributed by atoms with van der Waals surface area (Å²) >= 11 is 0. The molecule has 1 aliphatic heterocycles. The standard InChI is InChI=1S/C26H34N2O2/c1-25-11-10-21-20(16-28(3)23-14-19(29)9-12-26(21,23)2)22(25)13-18(15-25)27-24(30)17-7-5-4-6-8-17/h4-8,14,18,20-22H,9-13,15-16H2,1-3H3,(H,27,30). The van der Waals surface area contributed by atoms with Crippen LogP contribution in [0, 0.1) is 28.6 Å². The fraction of sp³-hybridized carbons (Fsp3) is 0.615. The summed E-state index contributed by atoms with van der Waals surface area (Å²) in [6.07, 6.45) is 8.25. The van der Waals surface area contributed by atoms with Crippen LogP contribution in [0.2, 0.25) is 0 Å². The van der Waals surface area contributed by atoms with Gasteiger partial charge in [-0.25, -0.2) is 0 Å². The van der Waals surface area contributed by atoms with E-state index in [0.29, 0.717) is 29.6 Å². The smallest absolute Gasteiger partial charge is 0.251 e. The van der Waals surface area contributed by atoms with Gasteiger partial charge in [0.1, 0.15) is 0 Å². The number of nitrogens with zero attached hydrogens (tertiary/aromatic N) is 1. The number of hydrogen-bond donors (Lipinski definition) is 1. The molecule has 30 heavy (non-hydrogen) atoms. The number of benzene rings is 1. The van der Waals surface area contributed by atoms with Crippen molar-refractivity contribution in [2.75, 3.05) is 13.6 Å². The normalized spacial score (nSPS) is 40.2. The average Bonchev–Trinajstić information content (AvgIpc) is 3.06. The van der Waals surface area contributed by atoms with Gasteiger partial charge >= 0.3 is 0 Å². The first kappa shape index (κ1) is 19.8. The maximum Gasteiger partial charge on any atom is 0.251 e. The van der Waals surface area contributed by atoms with Gasteiger partial charge in [-0.05, 0) is 67.4 Å². The molecule has 1 saturated heterocycles. The first-order valence-electron chi connectivity index (χ1n) is 11.6. The molecule has 5 rings (SSSR count). The Morgan fingerprint density at radius 1 is 1.13 bits per heavy atom. The molecule has 6 unspecified atom stereocenters. The summed E-state index contributed by atoms with van der Waals surface area (Å²) in [5, 5.41) is 3.35. The van der Waals surface area contributed by atoms with Crippen LogP contribution >= 0.6 is 0 Å². The van der Waals surface area contributed by atoms with E-state index in [0.717, 1.165) is 31.4 Å². The summed E-state index contributed by atoms with van der Waals surface area (Å²) < 4.78 is 0. The topological polar surface area (TPSA) is 49.4 Å². The molecule has 0 aromatic heterocycles. The highest BCUT2D eigenvalue weighted by atomic mass is 16.1. The number of carbonyl (C=O) groups excluding carboxylic acids is 2. The van der Waals surface area contributed by atoms with Crippen molar-refractivity contribution in [3.8, 4) is 0 Å². The Bertz CT molecular complexity index is 894. The van der Waals surface area contributed by atoms with Gasteiger partial charge in [-0.3, -0.25) is 9.59 Å². The van der Waals surface area contributed by atoms with Crippen LogP contribution in [0.25, 0.3) is 0 Å². The third-order valence-electron chi connectivity index (χ3n) is 9.07. The Morgan fingerprint density at radius 2 is 1.90 bits per heavy atom. The second-order valence-corrected chi connectivity index (χ2v) is 10.8. The molecule has 1 aromatic carbocycles. The lowest BCUT2D eigenvalue weighted by atomic mass is 9.50. The Balaban J connectivity index is 1.37. The van der Waals surface area contributed by atoms with Crippen molar-refractivity contribution in [1.29, 1.82) is 0 Å². The van der Waals surface area contributed by atoms with Gasteiger partial charge in [0.05, 0.1) is 0 Å². The number of rotatable bonds is 2. The zero-order valence-electron chi connectivity index (χ0n) is 18.5. The highest BCUT2D eigenvalue weighted by Crippen LogP contribution is 2.63. The molecular formula is C26H34N2O2. The van der Waals surface area contributed by atoms with Crippen LogP contribution in [-0.4, -0.2) is 36.2 Å². The van der Waals surface area contributed by atoms with Crippen molar-refractivity contribution in [2.45, 2.75) is 58.4 Å². The number of allylic oxidation sites excluding steroid dienone is 2. The van der Waals surface area contributed by atoms with E-state index in [1.165, 1.54) is 18.5 Å². The maximum atomic E-state index is 12.8. The minimum Gasteiger partial charge on any atom is -0.377 e. The molecule has 2 saturated carbocycles. The number of piperidine rings is 1. The molecule has 1 aromatic rings. The van der Waals surface area contributed by atoms with Crippen LogP contribution in [0.4, 0.5) is 0 Å². The van der Waals surface area contributed by atoms with Crippen molar-refractivity contribution in [3.63, 3.8) is 0 Å². The predicted octanol–water partition coefficient (Wildman–Crippen LogP) is 4.43. The third kappa shape index (κ3) is 3.02. The Morgan fingerprint density at radius 3 is 2.67 bits per heavy atom. The number of likely N-dealkylation sites (tertiary alicyclic amines) is 1. The van der Waals surface area contributed by atoms with Crippen LogP contribution in [0.5, 0.6) is 0 Å². The quantitative estimate of drug-likeness (QED) is 0.791. The molecule has 0 bridgehead atoms. The summed E-state index contributed by atoms with van der Waals surface area (Å²) in [5.74, 6) is 2.27. The molecular weight excluding hydrogens is 372 g/mol. The molecule has 6 atom stereocenters. The van der Waals surface area contributed by atoms with Gasteiger partial charge in [0, 0.05) is 48.8 Å². The van der Waals surface area contributed by atoms with Crippen LogP contribution in [0.1, 0.15) is 62.7 Å². The molecule has 160 valence electrons. The Labute approximate surface area is 180 Å². The van der Waals surface area contributed by atoms with Gasteiger partial charge in [0.15, 0.2) is 5.78 Å². The lowest BCUT2D eigenvalue weighted by Crippen LogP contribution is -2.56. The van der Waals surface area contributed by atoms with E-state index in [1.54, 1.807) is 0 Å². The maximum absolute atomic E-state index is 12.8. The van der Waals surface area contributed by atoms with Crippen molar-refractivity contribution >= 4 is 11.7 Å². The Kier molecular flexibility index (Phi) is 4.61. The number of fused-ring (bicyclic) bond motifs is 5. The molecule has 3 aliphatic carbocycles. The number of carbonyl (C=O) groups is 2. The summed E-state index contributed by atoms with van der Waals surface area (Å²) in [6, 6.07) is 9.84. The number of hydrogen-bond acceptors (Lipinski definition) is 3. The molecule has 4 aliphatic rings. The predicted molar refractivity (Wildman–Crippen MR) is 118 cm³/mol. The molecule has 1 amide bonds. The molecule has 1 heterocycles. The monoisotopic (exact) mass is 406 g/mol. The van der Waals surface area contributed by atoms with Gasteiger partial charge in [-0.2, -0.15) is 0 Å². The fourth-order valence-corrected chi connectivity index (χ4v) is 7.60. The number of nitrogens with one attached hydrogen (secondary N) is 1. The molecule has 1 N–H and O–H groups in total. The average molecular weight is 407 g/mol. The molecule has 3 fully saturated rings. The van der Waals surface area contributed by atoms with E-state index >= 15 is 0 Å². The van der Waals surface area contributed by atoms with Gasteiger partial charge in [0.25, 0.3) is 5.91 Å². The molecule has 4 nitrogen and oxygen atoms in total. The highest BCUT2D eigenvalue weighted by Gasteiger charge is 2.59. The van der Waals surface area contributed by atoms with Crippen LogP contribution < -0.4 is 5.32 Å². The van der Waals surface area contributed by atoms with E-state index in [-0.39, 0.29) is 23.1 Å². The van der Waals surface area contributed by atoms with Crippen molar-refractivity contribution in [3.05, 3.63) is 47.7 Å². The second-order valence-electron chi connectivity index (χ2n) is 10.8. The first-order valence-corrected chi connectivity index (χ1v) is 11.6. The first-order chi connectivity index (χ1) is 14.3. The highest BCUT2D eigenvalue weighted by molar-refractivity contribution is 5.94. The SMILES string of the molecule is CN1CC2C3CC(NC(=O)c4ccccc4)CC3(C)CCC2C2(C)CCC(=O)C=C12. The van der Waals surface area contributed by atoms with Gasteiger partial charge in [0.2, 0.25) is 0 Å². The van der Waals surface area contributed by atoms with E-state index < -0.39 is 0 Å². The summed E-state index contributed by atoms with van der Waals surface area (Å²) in [5.41, 5.74) is 2.45. The van der Waals surface area contributed by atoms with Crippen molar-refractivity contribution in [1.82, 2.24) is 10.2 Å². The summed E-state index contributed by atoms with van der Waals surface area (Å²) in [7, 11) is 2.18. The fourth-order valence-electron chi connectivity index (χ4n) is 7.60. The van der Waals surface area contributed by atoms with E-state index in [4.69, 9.17) is 0 Å². The van der Waals surface area contributed by atoms with E-state index in [1.807, 2.05) is 36.4 Å². The largest absolute Gasteiger partial charge is 0.377 e. The summed E-state index contributed by atoms with van der Waals surface area (Å²) in [6.45, 7) is 5.91. The zero-order chi connectivity index (χ0) is 21.1. The minimum atomic E-state index is 0.0585. The van der Waals surface area contributed by atoms with Gasteiger partial charge in [-0.15, -0.1) is 0 Å². The van der Waals surface area contributed by atoms with Gasteiger partial charge < -0.3 is 10.2 Å². The van der Waals surface area contributed by atoms with Crippen LogP contribution in [-0.2, 0) is 4.79 Å². The van der Waals surface area contributed by atoms with Crippen LogP contribution in [0.3, 0.4) is 0 Å². The van der Waals surface area contributed by atoms with Crippen molar-refractivity contribution in [2.24, 2.45) is 28.6 Å². The van der Waals surface area contributed by atoms with E-state index in [9.17, 15) is 9.59 Å². The minimum absolute atomic E-state index is 0.0585. The van der Waals surface area contributed by atoms with Crippen LogP contribution in [0.15, 0.2) is 42.1 Å². The molecule has 4 heteroatoms. The van der Waals surface area contributed by atoms with Gasteiger partial charge in [-0.1, -0.05) is 32.0 Å². The lowest BCUT2D eigenvalue weighted by Gasteiger charge is -2.59. The van der Waals surface area contributed by atoms with E-state index in [2.05, 4.69) is 31.1 Å². The third-order valence-corrected chi connectivity index (χ3v) is 9.07.